The van der Waals surface area contributed by atoms with Gasteiger partial charge >= 0.3 is 0 Å². The number of carbonyl (C=O) groups is 2. The molecule has 0 aliphatic rings. The summed E-state index contributed by atoms with van der Waals surface area (Å²) in [6, 6.07) is 9.79. The summed E-state index contributed by atoms with van der Waals surface area (Å²) in [6.07, 6.45) is 1.52. The molecule has 0 fully saturated rings. The molecule has 0 heterocycles. The van der Waals surface area contributed by atoms with Crippen molar-refractivity contribution in [3.05, 3.63) is 47.8 Å². The van der Waals surface area contributed by atoms with E-state index in [1.54, 1.807) is 0 Å². The molecule has 0 saturated carbocycles. The molecule has 0 unspecified atom stereocenters. The van der Waals surface area contributed by atoms with Crippen molar-refractivity contribution in [2.24, 2.45) is 0 Å². The third-order valence-electron chi connectivity index (χ3n) is 2.09. The lowest BCUT2D eigenvalue weighted by Gasteiger charge is -2.06. The number of hydrogen-bond donors (Lipinski definition) is 2. The molecule has 4 heteroatoms. The van der Waals surface area contributed by atoms with Gasteiger partial charge in [-0.15, -0.1) is 0 Å². The molecule has 0 radical (unpaired) electrons. The van der Waals surface area contributed by atoms with Gasteiger partial charge in [0.1, 0.15) is 0 Å². The third-order valence-corrected chi connectivity index (χ3v) is 2.09. The number of carbonyl (C=O) groups excluding carboxylic acids is 2. The molecule has 0 aromatic heterocycles. The van der Waals surface area contributed by atoms with Crippen molar-refractivity contribution in [3.63, 3.8) is 0 Å². The van der Waals surface area contributed by atoms with E-state index in [-0.39, 0.29) is 17.4 Å². The minimum atomic E-state index is -0.257. The monoisotopic (exact) mass is 232 g/mol. The smallest absolute Gasteiger partial charge is 0.221 e. The van der Waals surface area contributed by atoms with Crippen LogP contribution in [0.25, 0.3) is 0 Å². The average molecular weight is 232 g/mol. The van der Waals surface area contributed by atoms with Gasteiger partial charge in [-0.05, 0) is 5.56 Å². The number of amides is 1. The Morgan fingerprint density at radius 3 is 2.35 bits per heavy atom. The zero-order chi connectivity index (χ0) is 12.7. The molecule has 0 bridgehead atoms. The van der Waals surface area contributed by atoms with E-state index in [9.17, 15) is 9.59 Å². The second-order valence-corrected chi connectivity index (χ2v) is 3.66. The third kappa shape index (κ3) is 4.97. The zero-order valence-corrected chi connectivity index (χ0v) is 9.99. The molecule has 17 heavy (non-hydrogen) atoms. The van der Waals surface area contributed by atoms with E-state index in [1.807, 2.05) is 30.3 Å². The van der Waals surface area contributed by atoms with Crippen LogP contribution in [0.4, 0.5) is 0 Å². The van der Waals surface area contributed by atoms with Crippen LogP contribution in [0.3, 0.4) is 0 Å². The number of Topliss-reactive ketones (excluding diaryl/α,β-unsaturated/α-hetero) is 1. The topological polar surface area (TPSA) is 58.2 Å². The van der Waals surface area contributed by atoms with Gasteiger partial charge in [0.25, 0.3) is 0 Å². The van der Waals surface area contributed by atoms with Crippen molar-refractivity contribution in [3.8, 4) is 0 Å². The van der Waals surface area contributed by atoms with Crippen molar-refractivity contribution < 1.29 is 9.59 Å². The fourth-order valence-electron chi connectivity index (χ4n) is 1.28. The standard InChI is InChI=1S/C13H16N2O2/c1-10(16)13(15-11(2)17)9-14-8-12-6-4-3-5-7-12/h3-7,9,14H,8H2,1-2H3,(H,15,17). The number of benzene rings is 1. The second kappa shape index (κ2) is 6.48. The maximum atomic E-state index is 11.2. The molecule has 0 spiro atoms. The van der Waals surface area contributed by atoms with E-state index < -0.39 is 0 Å². The van der Waals surface area contributed by atoms with Crippen molar-refractivity contribution in [1.29, 1.82) is 0 Å². The summed E-state index contributed by atoms with van der Waals surface area (Å²) < 4.78 is 0. The molecule has 1 aromatic rings. The summed E-state index contributed by atoms with van der Waals surface area (Å²) in [5, 5.41) is 5.47. The van der Waals surface area contributed by atoms with E-state index in [2.05, 4.69) is 10.6 Å². The highest BCUT2D eigenvalue weighted by molar-refractivity contribution is 5.96. The van der Waals surface area contributed by atoms with Crippen LogP contribution in [-0.2, 0) is 16.1 Å². The van der Waals surface area contributed by atoms with Crippen LogP contribution >= 0.6 is 0 Å². The van der Waals surface area contributed by atoms with Crippen LogP contribution in [0.5, 0.6) is 0 Å². The highest BCUT2D eigenvalue weighted by Gasteiger charge is 2.04. The molecule has 0 aliphatic carbocycles. The van der Waals surface area contributed by atoms with E-state index in [0.717, 1.165) is 5.56 Å². The summed E-state index contributed by atoms with van der Waals surface area (Å²) in [7, 11) is 0. The second-order valence-electron chi connectivity index (χ2n) is 3.66. The lowest BCUT2D eigenvalue weighted by atomic mass is 10.2. The van der Waals surface area contributed by atoms with Crippen LogP contribution in [0.2, 0.25) is 0 Å². The Morgan fingerprint density at radius 1 is 1.18 bits per heavy atom. The molecule has 0 saturated heterocycles. The van der Waals surface area contributed by atoms with Crippen LogP contribution in [0.15, 0.2) is 42.2 Å². The lowest BCUT2D eigenvalue weighted by molar-refractivity contribution is -0.121. The van der Waals surface area contributed by atoms with Gasteiger partial charge in [-0.3, -0.25) is 9.59 Å². The summed E-state index contributed by atoms with van der Waals surface area (Å²) in [5.74, 6) is -0.436. The first-order valence-corrected chi connectivity index (χ1v) is 5.35. The SMILES string of the molecule is CC(=O)NC(=CNCc1ccccc1)C(C)=O. The van der Waals surface area contributed by atoms with Gasteiger partial charge in [-0.25, -0.2) is 0 Å². The molecule has 0 atom stereocenters. The highest BCUT2D eigenvalue weighted by Crippen LogP contribution is 1.97. The van der Waals surface area contributed by atoms with Gasteiger partial charge in [-0.2, -0.15) is 0 Å². The number of rotatable bonds is 5. The minimum Gasteiger partial charge on any atom is -0.385 e. The van der Waals surface area contributed by atoms with Crippen molar-refractivity contribution in [2.45, 2.75) is 20.4 Å². The van der Waals surface area contributed by atoms with Gasteiger partial charge in [0.05, 0.1) is 5.70 Å². The minimum absolute atomic E-state index is 0.180. The summed E-state index contributed by atoms with van der Waals surface area (Å²) in [5.41, 5.74) is 1.38. The number of allylic oxidation sites excluding steroid dienone is 1. The van der Waals surface area contributed by atoms with Gasteiger partial charge in [-0.1, -0.05) is 30.3 Å². The molecule has 0 aliphatic heterocycles. The fourth-order valence-corrected chi connectivity index (χ4v) is 1.28. The largest absolute Gasteiger partial charge is 0.385 e. The average Bonchev–Trinajstić information content (AvgIpc) is 2.28. The highest BCUT2D eigenvalue weighted by atomic mass is 16.2. The van der Waals surface area contributed by atoms with Crippen molar-refractivity contribution >= 4 is 11.7 Å². The Kier molecular flexibility index (Phi) is 4.94. The maximum absolute atomic E-state index is 11.2. The predicted octanol–water partition coefficient (Wildman–Crippen LogP) is 1.34. The summed E-state index contributed by atoms with van der Waals surface area (Å²) >= 11 is 0. The first kappa shape index (κ1) is 13.0. The molecule has 1 amide bonds. The van der Waals surface area contributed by atoms with Crippen LogP contribution in [0, 0.1) is 0 Å². The van der Waals surface area contributed by atoms with Gasteiger partial charge in [0.2, 0.25) is 5.91 Å². The number of ketones is 1. The molecular weight excluding hydrogens is 216 g/mol. The normalized spacial score (nSPS) is 10.8. The van der Waals surface area contributed by atoms with Gasteiger partial charge in [0.15, 0.2) is 5.78 Å². The van der Waals surface area contributed by atoms with Gasteiger partial charge < -0.3 is 10.6 Å². The Balaban J connectivity index is 2.55. The van der Waals surface area contributed by atoms with E-state index in [0.29, 0.717) is 6.54 Å². The first-order valence-electron chi connectivity index (χ1n) is 5.35. The number of hydrogen-bond acceptors (Lipinski definition) is 3. The van der Waals surface area contributed by atoms with Crippen LogP contribution < -0.4 is 10.6 Å². The van der Waals surface area contributed by atoms with E-state index in [1.165, 1.54) is 20.0 Å². The molecular formula is C13H16N2O2. The van der Waals surface area contributed by atoms with E-state index >= 15 is 0 Å². The Hall–Kier alpha value is -2.10. The molecule has 1 aromatic carbocycles. The lowest BCUT2D eigenvalue weighted by Crippen LogP contribution is -2.25. The van der Waals surface area contributed by atoms with E-state index in [4.69, 9.17) is 0 Å². The summed E-state index contributed by atoms with van der Waals surface area (Å²) in [6.45, 7) is 3.39. The molecule has 1 rings (SSSR count). The summed E-state index contributed by atoms with van der Waals surface area (Å²) in [4.78, 5) is 22.1. The molecule has 4 nitrogen and oxygen atoms in total. The predicted molar refractivity (Wildman–Crippen MR) is 65.9 cm³/mol. The fraction of sp³-hybridized carbons (Fsp3) is 0.231. The Labute approximate surface area is 101 Å². The van der Waals surface area contributed by atoms with Crippen LogP contribution in [-0.4, -0.2) is 11.7 Å². The maximum Gasteiger partial charge on any atom is 0.221 e. The van der Waals surface area contributed by atoms with Crippen LogP contribution in [0.1, 0.15) is 19.4 Å². The van der Waals surface area contributed by atoms with Crippen molar-refractivity contribution in [2.75, 3.05) is 0 Å². The molecule has 2 N–H and O–H groups in total. The number of nitrogens with one attached hydrogen (secondary N) is 2. The Morgan fingerprint density at radius 2 is 1.82 bits per heavy atom. The molecule has 90 valence electrons. The Bertz CT molecular complexity index is 424. The van der Waals surface area contributed by atoms with Gasteiger partial charge in [0, 0.05) is 26.6 Å². The zero-order valence-electron chi connectivity index (χ0n) is 9.99. The first-order chi connectivity index (χ1) is 8.09. The van der Waals surface area contributed by atoms with Crippen molar-refractivity contribution in [1.82, 2.24) is 10.6 Å². The quantitative estimate of drug-likeness (QED) is 0.753.